The van der Waals surface area contributed by atoms with Crippen LogP contribution in [0, 0.1) is 3.57 Å². The van der Waals surface area contributed by atoms with Crippen molar-refractivity contribution in [2.24, 2.45) is 0 Å². The molecule has 0 saturated carbocycles. The van der Waals surface area contributed by atoms with Gasteiger partial charge >= 0.3 is 0 Å². The highest BCUT2D eigenvalue weighted by Crippen LogP contribution is 2.30. The zero-order valence-electron chi connectivity index (χ0n) is 11.1. The minimum absolute atomic E-state index is 0.640. The fourth-order valence-corrected chi connectivity index (χ4v) is 2.85. The molecule has 0 spiro atoms. The Hall–Kier alpha value is -0.590. The molecule has 4 heteroatoms. The van der Waals surface area contributed by atoms with E-state index < -0.39 is 6.10 Å². The predicted octanol–water partition coefficient (Wildman–Crippen LogP) is 4.92. The first-order valence-corrected chi connectivity index (χ1v) is 8.34. The van der Waals surface area contributed by atoms with Gasteiger partial charge in [-0.25, -0.2) is 0 Å². The lowest BCUT2D eigenvalue weighted by Crippen LogP contribution is -2.02. The summed E-state index contributed by atoms with van der Waals surface area (Å²) in [5, 5.41) is 10.5. The summed E-state index contributed by atoms with van der Waals surface area (Å²) in [6.07, 6.45) is 0.346. The summed E-state index contributed by atoms with van der Waals surface area (Å²) in [4.78, 5) is 0. The number of aliphatic hydroxyl groups excluding tert-OH is 1. The Kier molecular flexibility index (Phi) is 5.86. The van der Waals surface area contributed by atoms with E-state index in [2.05, 4.69) is 45.4 Å². The van der Waals surface area contributed by atoms with Gasteiger partial charge in [-0.05, 0) is 64.9 Å². The molecule has 0 amide bonds. The van der Waals surface area contributed by atoms with Crippen LogP contribution in [0.5, 0.6) is 5.75 Å². The fraction of sp³-hybridized carbons (Fsp3) is 0.250. The highest BCUT2D eigenvalue weighted by atomic mass is 127. The highest BCUT2D eigenvalue weighted by Gasteiger charge is 2.14. The molecule has 2 aromatic carbocycles. The first-order valence-electron chi connectivity index (χ1n) is 6.47. The van der Waals surface area contributed by atoms with E-state index in [0.29, 0.717) is 6.61 Å². The average molecular weight is 447 g/mol. The Bertz CT molecular complexity index is 569. The van der Waals surface area contributed by atoms with Crippen molar-refractivity contribution in [3.63, 3.8) is 0 Å². The van der Waals surface area contributed by atoms with Crippen LogP contribution in [0.3, 0.4) is 0 Å². The van der Waals surface area contributed by atoms with E-state index in [1.54, 1.807) is 0 Å². The van der Waals surface area contributed by atoms with Gasteiger partial charge in [0.25, 0.3) is 0 Å². The smallest absolute Gasteiger partial charge is 0.119 e. The van der Waals surface area contributed by atoms with Crippen LogP contribution >= 0.6 is 38.5 Å². The summed E-state index contributed by atoms with van der Waals surface area (Å²) in [5.74, 6) is 0.838. The van der Waals surface area contributed by atoms with Crippen molar-refractivity contribution >= 4 is 38.5 Å². The van der Waals surface area contributed by atoms with Gasteiger partial charge in [-0.3, -0.25) is 0 Å². The van der Waals surface area contributed by atoms with Gasteiger partial charge in [0, 0.05) is 13.6 Å². The molecule has 106 valence electrons. The van der Waals surface area contributed by atoms with Gasteiger partial charge in [0.2, 0.25) is 0 Å². The predicted molar refractivity (Wildman–Crippen MR) is 93.1 cm³/mol. The summed E-state index contributed by atoms with van der Waals surface area (Å²) in [6, 6.07) is 13.5. The van der Waals surface area contributed by atoms with E-state index in [9.17, 15) is 5.11 Å². The molecule has 0 radical (unpaired) electrons. The zero-order valence-corrected chi connectivity index (χ0v) is 14.9. The Morgan fingerprint density at radius 2 is 1.90 bits per heavy atom. The third-order valence-corrected chi connectivity index (χ3v) is 4.31. The molecule has 1 unspecified atom stereocenters. The Morgan fingerprint density at radius 1 is 1.20 bits per heavy atom. The van der Waals surface area contributed by atoms with Crippen molar-refractivity contribution in [3.8, 4) is 5.75 Å². The van der Waals surface area contributed by atoms with E-state index in [1.807, 2.05) is 42.5 Å². The lowest BCUT2D eigenvalue weighted by atomic mass is 10.0. The largest absolute Gasteiger partial charge is 0.494 e. The molecule has 2 rings (SSSR count). The summed E-state index contributed by atoms with van der Waals surface area (Å²) in [7, 11) is 0. The van der Waals surface area contributed by atoms with E-state index in [0.717, 1.165) is 31.3 Å². The minimum atomic E-state index is -0.640. The molecule has 0 bridgehead atoms. The lowest BCUT2D eigenvalue weighted by Gasteiger charge is -2.14. The molecule has 1 atom stereocenters. The highest BCUT2D eigenvalue weighted by molar-refractivity contribution is 14.1. The Balaban J connectivity index is 2.20. The van der Waals surface area contributed by atoms with Gasteiger partial charge in [0.1, 0.15) is 11.9 Å². The van der Waals surface area contributed by atoms with Gasteiger partial charge in [-0.2, -0.15) is 0 Å². The maximum Gasteiger partial charge on any atom is 0.119 e. The molecule has 0 fully saturated rings. The van der Waals surface area contributed by atoms with Crippen LogP contribution in [0.4, 0.5) is 0 Å². The molecule has 0 heterocycles. The molecule has 0 aliphatic carbocycles. The van der Waals surface area contributed by atoms with E-state index in [4.69, 9.17) is 4.74 Å². The lowest BCUT2D eigenvalue weighted by molar-refractivity contribution is 0.219. The number of halogens is 2. The standard InChI is InChI=1S/C16H16BrIO2/c1-2-9-20-13-6-3-11(4-7-13)16(19)14-10-12(18)5-8-15(14)17/h3-8,10,16,19H,2,9H2,1H3. The Labute approximate surface area is 141 Å². The van der Waals surface area contributed by atoms with Crippen molar-refractivity contribution < 1.29 is 9.84 Å². The number of rotatable bonds is 5. The summed E-state index contributed by atoms with van der Waals surface area (Å²) in [6.45, 7) is 2.79. The van der Waals surface area contributed by atoms with Crippen molar-refractivity contribution in [2.75, 3.05) is 6.61 Å². The van der Waals surface area contributed by atoms with Crippen LogP contribution in [0.25, 0.3) is 0 Å². The monoisotopic (exact) mass is 446 g/mol. The third kappa shape index (κ3) is 3.96. The van der Waals surface area contributed by atoms with Crippen LogP contribution in [0.1, 0.15) is 30.6 Å². The molecule has 0 aromatic heterocycles. The molecule has 0 saturated heterocycles. The van der Waals surface area contributed by atoms with Gasteiger partial charge in [0.15, 0.2) is 0 Å². The van der Waals surface area contributed by atoms with Crippen LogP contribution < -0.4 is 4.74 Å². The fourth-order valence-electron chi connectivity index (χ4n) is 1.87. The minimum Gasteiger partial charge on any atom is -0.494 e. The number of aliphatic hydroxyl groups is 1. The van der Waals surface area contributed by atoms with Crippen LogP contribution in [0.15, 0.2) is 46.9 Å². The van der Waals surface area contributed by atoms with E-state index in [1.165, 1.54) is 0 Å². The summed E-state index contributed by atoms with van der Waals surface area (Å²) >= 11 is 5.73. The van der Waals surface area contributed by atoms with E-state index in [-0.39, 0.29) is 0 Å². The summed E-state index contributed by atoms with van der Waals surface area (Å²) in [5.41, 5.74) is 1.73. The summed E-state index contributed by atoms with van der Waals surface area (Å²) < 4.78 is 7.56. The normalized spacial score (nSPS) is 12.2. The molecule has 0 aliphatic rings. The van der Waals surface area contributed by atoms with E-state index >= 15 is 0 Å². The van der Waals surface area contributed by atoms with Gasteiger partial charge in [-0.1, -0.05) is 35.0 Å². The Morgan fingerprint density at radius 3 is 2.55 bits per heavy atom. The molecule has 20 heavy (non-hydrogen) atoms. The first-order chi connectivity index (χ1) is 9.61. The second-order valence-electron chi connectivity index (χ2n) is 4.49. The zero-order chi connectivity index (χ0) is 14.5. The van der Waals surface area contributed by atoms with Gasteiger partial charge < -0.3 is 9.84 Å². The molecular weight excluding hydrogens is 431 g/mol. The van der Waals surface area contributed by atoms with Crippen LogP contribution in [0.2, 0.25) is 0 Å². The van der Waals surface area contributed by atoms with Crippen molar-refractivity contribution in [1.82, 2.24) is 0 Å². The maximum atomic E-state index is 10.5. The third-order valence-electron chi connectivity index (χ3n) is 2.92. The van der Waals surface area contributed by atoms with Crippen molar-refractivity contribution in [1.29, 1.82) is 0 Å². The van der Waals surface area contributed by atoms with Crippen molar-refractivity contribution in [3.05, 3.63) is 61.6 Å². The second-order valence-corrected chi connectivity index (χ2v) is 6.59. The number of hydrogen-bond donors (Lipinski definition) is 1. The van der Waals surface area contributed by atoms with Gasteiger partial charge in [-0.15, -0.1) is 0 Å². The SMILES string of the molecule is CCCOc1ccc(C(O)c2cc(I)ccc2Br)cc1. The quantitative estimate of drug-likeness (QED) is 0.660. The van der Waals surface area contributed by atoms with Gasteiger partial charge in [0.05, 0.1) is 6.61 Å². The maximum absolute atomic E-state index is 10.5. The number of hydrogen-bond acceptors (Lipinski definition) is 2. The molecule has 2 nitrogen and oxygen atoms in total. The number of ether oxygens (including phenoxy) is 1. The topological polar surface area (TPSA) is 29.5 Å². The van der Waals surface area contributed by atoms with Crippen LogP contribution in [-0.4, -0.2) is 11.7 Å². The molecular formula is C16H16BrIO2. The molecule has 1 N–H and O–H groups in total. The molecule has 2 aromatic rings. The van der Waals surface area contributed by atoms with Crippen LogP contribution in [-0.2, 0) is 0 Å². The molecule has 0 aliphatic heterocycles. The second kappa shape index (κ2) is 7.43. The first kappa shape index (κ1) is 15.8. The average Bonchev–Trinajstić information content (AvgIpc) is 2.47. The van der Waals surface area contributed by atoms with Crippen molar-refractivity contribution in [2.45, 2.75) is 19.4 Å². The number of benzene rings is 2.